The number of amides is 1. The van der Waals surface area contributed by atoms with Gasteiger partial charge in [0.1, 0.15) is 18.2 Å². The fourth-order valence-corrected chi connectivity index (χ4v) is 2.28. The van der Waals surface area contributed by atoms with Crippen LogP contribution in [0.2, 0.25) is 0 Å². The number of likely N-dealkylation sites (N-methyl/N-ethyl adjacent to an activating group) is 1. The van der Waals surface area contributed by atoms with Crippen molar-refractivity contribution in [3.63, 3.8) is 0 Å². The Labute approximate surface area is 150 Å². The number of para-hydroxylation sites is 2. The van der Waals surface area contributed by atoms with Crippen molar-refractivity contribution in [2.45, 2.75) is 6.61 Å². The number of hydrogen-bond donors (Lipinski definition) is 1. The summed E-state index contributed by atoms with van der Waals surface area (Å²) in [5, 5.41) is 0. The van der Waals surface area contributed by atoms with E-state index < -0.39 is 5.97 Å². The molecule has 3 aromatic rings. The van der Waals surface area contributed by atoms with Crippen LogP contribution in [0, 0.1) is 0 Å². The monoisotopic (exact) mass is 353 g/mol. The van der Waals surface area contributed by atoms with E-state index in [0.29, 0.717) is 17.1 Å². The molecule has 3 rings (SSSR count). The van der Waals surface area contributed by atoms with Crippen LogP contribution in [0.1, 0.15) is 16.2 Å². The molecule has 1 aromatic heterocycles. The second-order valence-corrected chi connectivity index (χ2v) is 5.88. The number of hydrogen-bond acceptors (Lipinski definition) is 5. The maximum Gasteiger partial charge on any atom is 0.338 e. The van der Waals surface area contributed by atoms with Crippen LogP contribution in [0.25, 0.3) is 11.0 Å². The van der Waals surface area contributed by atoms with E-state index in [0.717, 1.165) is 11.0 Å². The van der Waals surface area contributed by atoms with Crippen LogP contribution in [0.3, 0.4) is 0 Å². The Hall–Kier alpha value is -3.35. The minimum atomic E-state index is -0.491. The van der Waals surface area contributed by atoms with Crippen molar-refractivity contribution < 1.29 is 19.1 Å². The summed E-state index contributed by atoms with van der Waals surface area (Å²) in [7, 11) is 3.30. The van der Waals surface area contributed by atoms with Crippen molar-refractivity contribution in [1.29, 1.82) is 0 Å². The Morgan fingerprint density at radius 1 is 1.12 bits per heavy atom. The van der Waals surface area contributed by atoms with Crippen LogP contribution >= 0.6 is 0 Å². The number of ether oxygens (including phenoxy) is 2. The van der Waals surface area contributed by atoms with Crippen molar-refractivity contribution in [1.82, 2.24) is 14.9 Å². The lowest BCUT2D eigenvalue weighted by Crippen LogP contribution is -2.27. The summed E-state index contributed by atoms with van der Waals surface area (Å²) in [6.07, 6.45) is 0. The highest BCUT2D eigenvalue weighted by molar-refractivity contribution is 5.89. The van der Waals surface area contributed by atoms with E-state index in [9.17, 15) is 9.59 Å². The maximum absolute atomic E-state index is 12.2. The van der Waals surface area contributed by atoms with Crippen LogP contribution in [0.4, 0.5) is 0 Å². The number of rotatable bonds is 6. The van der Waals surface area contributed by atoms with Gasteiger partial charge in [0.05, 0.1) is 16.6 Å². The van der Waals surface area contributed by atoms with Gasteiger partial charge in [-0.2, -0.15) is 0 Å². The molecule has 0 radical (unpaired) electrons. The lowest BCUT2D eigenvalue weighted by molar-refractivity contribution is -0.130. The van der Waals surface area contributed by atoms with E-state index in [1.54, 1.807) is 38.4 Å². The molecule has 0 bridgehead atoms. The average molecular weight is 353 g/mol. The van der Waals surface area contributed by atoms with Crippen molar-refractivity contribution in [2.24, 2.45) is 0 Å². The van der Waals surface area contributed by atoms with E-state index in [1.807, 2.05) is 24.3 Å². The molecule has 1 heterocycles. The third kappa shape index (κ3) is 4.18. The van der Waals surface area contributed by atoms with Gasteiger partial charge in [0.2, 0.25) is 0 Å². The van der Waals surface area contributed by atoms with Gasteiger partial charge >= 0.3 is 5.97 Å². The molecule has 2 aromatic carbocycles. The highest BCUT2D eigenvalue weighted by Gasteiger charge is 2.11. The van der Waals surface area contributed by atoms with Crippen LogP contribution in [-0.2, 0) is 16.1 Å². The number of H-pyrrole nitrogens is 1. The standard InChI is InChI=1S/C19H19N3O4/c1-22(2)18(23)12-25-14-7-5-6-13(10-14)19(24)26-11-17-20-15-8-3-4-9-16(15)21-17/h3-10H,11-12H2,1-2H3,(H,20,21). The van der Waals surface area contributed by atoms with Gasteiger partial charge in [-0.1, -0.05) is 18.2 Å². The van der Waals surface area contributed by atoms with E-state index in [4.69, 9.17) is 9.47 Å². The highest BCUT2D eigenvalue weighted by Crippen LogP contribution is 2.16. The van der Waals surface area contributed by atoms with Crippen LogP contribution in [0.5, 0.6) is 5.75 Å². The van der Waals surface area contributed by atoms with Crippen molar-refractivity contribution in [3.8, 4) is 5.75 Å². The minimum Gasteiger partial charge on any atom is -0.484 e. The van der Waals surface area contributed by atoms with Crippen molar-refractivity contribution in [3.05, 3.63) is 59.9 Å². The first-order valence-electron chi connectivity index (χ1n) is 8.06. The van der Waals surface area contributed by atoms with Gasteiger partial charge in [-0.15, -0.1) is 0 Å². The number of imidazole rings is 1. The van der Waals surface area contributed by atoms with Gasteiger partial charge in [-0.3, -0.25) is 4.79 Å². The van der Waals surface area contributed by atoms with E-state index in [2.05, 4.69) is 9.97 Å². The summed E-state index contributed by atoms with van der Waals surface area (Å²) in [6.45, 7) is -0.0534. The molecule has 1 amide bonds. The number of nitrogens with zero attached hydrogens (tertiary/aromatic N) is 2. The number of carbonyl (C=O) groups is 2. The van der Waals surface area contributed by atoms with Gasteiger partial charge in [0, 0.05) is 14.1 Å². The number of aromatic nitrogens is 2. The first kappa shape index (κ1) is 17.5. The topological polar surface area (TPSA) is 84.5 Å². The van der Waals surface area contributed by atoms with Gasteiger partial charge < -0.3 is 19.4 Å². The normalized spacial score (nSPS) is 10.5. The Morgan fingerprint density at radius 2 is 1.92 bits per heavy atom. The summed E-state index contributed by atoms with van der Waals surface area (Å²) < 4.78 is 10.7. The molecule has 1 N–H and O–H groups in total. The second-order valence-electron chi connectivity index (χ2n) is 5.88. The molecule has 7 nitrogen and oxygen atoms in total. The maximum atomic E-state index is 12.2. The summed E-state index contributed by atoms with van der Waals surface area (Å²) >= 11 is 0. The third-order valence-corrected chi connectivity index (χ3v) is 3.71. The summed E-state index contributed by atoms with van der Waals surface area (Å²) in [4.78, 5) is 32.7. The van der Waals surface area contributed by atoms with Crippen LogP contribution < -0.4 is 4.74 Å². The third-order valence-electron chi connectivity index (χ3n) is 3.71. The van der Waals surface area contributed by atoms with Crippen molar-refractivity contribution >= 4 is 22.9 Å². The Morgan fingerprint density at radius 3 is 2.69 bits per heavy atom. The van der Waals surface area contributed by atoms with Gasteiger partial charge in [-0.25, -0.2) is 9.78 Å². The number of carbonyl (C=O) groups excluding carboxylic acids is 2. The number of aromatic amines is 1. The zero-order valence-electron chi connectivity index (χ0n) is 14.6. The molecule has 0 atom stereocenters. The predicted octanol–water partition coefficient (Wildman–Crippen LogP) is 2.39. The predicted molar refractivity (Wildman–Crippen MR) is 95.8 cm³/mol. The number of esters is 1. The quantitative estimate of drug-likeness (QED) is 0.688. The summed E-state index contributed by atoms with van der Waals surface area (Å²) in [5.41, 5.74) is 2.05. The summed E-state index contributed by atoms with van der Waals surface area (Å²) in [5.74, 6) is 0.347. The largest absolute Gasteiger partial charge is 0.484 e. The molecule has 0 saturated heterocycles. The summed E-state index contributed by atoms with van der Waals surface area (Å²) in [6, 6.07) is 14.1. The van der Waals surface area contributed by atoms with Gasteiger partial charge in [-0.05, 0) is 30.3 Å². The minimum absolute atomic E-state index is 0.0394. The molecule has 0 unspecified atom stereocenters. The molecular formula is C19H19N3O4. The number of benzene rings is 2. The van der Waals surface area contributed by atoms with E-state index in [-0.39, 0.29) is 19.1 Å². The van der Waals surface area contributed by atoms with Crippen LogP contribution in [-0.4, -0.2) is 47.4 Å². The number of nitrogens with one attached hydrogen (secondary N) is 1. The fourth-order valence-electron chi connectivity index (χ4n) is 2.28. The van der Waals surface area contributed by atoms with E-state index in [1.165, 1.54) is 4.90 Å². The van der Waals surface area contributed by atoms with Crippen molar-refractivity contribution in [2.75, 3.05) is 20.7 Å². The molecule has 134 valence electrons. The Kier molecular flexibility index (Phi) is 5.17. The zero-order valence-corrected chi connectivity index (χ0v) is 14.6. The molecule has 26 heavy (non-hydrogen) atoms. The lowest BCUT2D eigenvalue weighted by atomic mass is 10.2. The first-order chi connectivity index (χ1) is 12.5. The molecule has 0 aliphatic rings. The lowest BCUT2D eigenvalue weighted by Gasteiger charge is -2.11. The van der Waals surface area contributed by atoms with Gasteiger partial charge in [0.25, 0.3) is 5.91 Å². The Bertz CT molecular complexity index is 900. The smallest absolute Gasteiger partial charge is 0.338 e. The first-order valence-corrected chi connectivity index (χ1v) is 8.06. The van der Waals surface area contributed by atoms with Crippen LogP contribution in [0.15, 0.2) is 48.5 Å². The Balaban J connectivity index is 1.60. The average Bonchev–Trinajstić information content (AvgIpc) is 3.07. The fraction of sp³-hybridized carbons (Fsp3) is 0.211. The molecule has 7 heteroatoms. The highest BCUT2D eigenvalue weighted by atomic mass is 16.5. The molecular weight excluding hydrogens is 334 g/mol. The molecule has 0 aliphatic carbocycles. The SMILES string of the molecule is CN(C)C(=O)COc1cccc(C(=O)OCc2nc3ccccc3[nH]2)c1. The molecule has 0 spiro atoms. The molecule has 0 fully saturated rings. The molecule has 0 saturated carbocycles. The van der Waals surface area contributed by atoms with Gasteiger partial charge in [0.15, 0.2) is 6.61 Å². The zero-order chi connectivity index (χ0) is 18.5. The molecule has 0 aliphatic heterocycles. The number of fused-ring (bicyclic) bond motifs is 1. The van der Waals surface area contributed by atoms with E-state index >= 15 is 0 Å². The second kappa shape index (κ2) is 7.69.